The summed E-state index contributed by atoms with van der Waals surface area (Å²) in [6.45, 7) is 3.76. The standard InChI is InChI=1S/C26H30N4O2/c31-26(28-32)12-11-21-7-9-22(10-8-21)20-30(18-17-29-14-3-4-15-29)16-13-23-19-27-25-6-2-1-5-24(23)25/h1-12,14-15,19,26-28,31-32H,13,16-18,20H2/b12-11+. The maximum absolute atomic E-state index is 9.37. The van der Waals surface area contributed by atoms with Gasteiger partial charge in [-0.25, -0.2) is 0 Å². The van der Waals surface area contributed by atoms with E-state index in [4.69, 9.17) is 5.21 Å². The molecule has 4 aromatic rings. The second-order valence-electron chi connectivity index (χ2n) is 7.98. The van der Waals surface area contributed by atoms with Crippen LogP contribution in [-0.2, 0) is 19.5 Å². The van der Waals surface area contributed by atoms with Gasteiger partial charge in [0, 0.05) is 55.7 Å². The van der Waals surface area contributed by atoms with Crippen LogP contribution < -0.4 is 5.48 Å². The lowest BCUT2D eigenvalue weighted by Gasteiger charge is -2.23. The Morgan fingerprint density at radius 2 is 1.78 bits per heavy atom. The molecule has 0 aliphatic heterocycles. The molecule has 1 atom stereocenters. The Balaban J connectivity index is 1.42. The van der Waals surface area contributed by atoms with E-state index >= 15 is 0 Å². The molecule has 32 heavy (non-hydrogen) atoms. The van der Waals surface area contributed by atoms with Gasteiger partial charge < -0.3 is 19.9 Å². The molecule has 0 fully saturated rings. The van der Waals surface area contributed by atoms with Crippen molar-refractivity contribution in [3.05, 3.63) is 102 Å². The monoisotopic (exact) mass is 430 g/mol. The van der Waals surface area contributed by atoms with Gasteiger partial charge in [0.05, 0.1) is 0 Å². The van der Waals surface area contributed by atoms with Crippen LogP contribution in [-0.4, -0.2) is 44.1 Å². The first kappa shape index (κ1) is 22.0. The Morgan fingerprint density at radius 3 is 2.56 bits per heavy atom. The van der Waals surface area contributed by atoms with Gasteiger partial charge in [-0.1, -0.05) is 48.5 Å². The van der Waals surface area contributed by atoms with Gasteiger partial charge in [-0.05, 0) is 47.4 Å². The zero-order chi connectivity index (χ0) is 22.2. The Bertz CT molecular complexity index is 1120. The van der Waals surface area contributed by atoms with Crippen LogP contribution in [0, 0.1) is 0 Å². The molecule has 0 saturated heterocycles. The molecule has 4 N–H and O–H groups in total. The number of nitrogens with zero attached hydrogens (tertiary/aromatic N) is 2. The maximum atomic E-state index is 9.37. The molecule has 0 bridgehead atoms. The lowest BCUT2D eigenvalue weighted by Crippen LogP contribution is -2.29. The Morgan fingerprint density at radius 1 is 1.00 bits per heavy atom. The van der Waals surface area contributed by atoms with Gasteiger partial charge in [0.2, 0.25) is 0 Å². The summed E-state index contributed by atoms with van der Waals surface area (Å²) >= 11 is 0. The largest absolute Gasteiger partial charge is 0.373 e. The van der Waals surface area contributed by atoms with Gasteiger partial charge in [0.25, 0.3) is 0 Å². The maximum Gasteiger partial charge on any atom is 0.146 e. The van der Waals surface area contributed by atoms with Crippen molar-refractivity contribution in [1.82, 2.24) is 19.9 Å². The summed E-state index contributed by atoms with van der Waals surface area (Å²) in [7, 11) is 0. The fourth-order valence-electron chi connectivity index (χ4n) is 3.90. The third-order valence-electron chi connectivity index (χ3n) is 5.70. The highest BCUT2D eigenvalue weighted by Crippen LogP contribution is 2.19. The number of H-pyrrole nitrogens is 1. The van der Waals surface area contributed by atoms with E-state index in [-0.39, 0.29) is 0 Å². The minimum absolute atomic E-state index is 0.869. The second kappa shape index (κ2) is 10.9. The molecule has 2 aromatic heterocycles. The lowest BCUT2D eigenvalue weighted by atomic mass is 10.1. The zero-order valence-electron chi connectivity index (χ0n) is 18.1. The van der Waals surface area contributed by atoms with Crippen LogP contribution in [0.25, 0.3) is 17.0 Å². The van der Waals surface area contributed by atoms with Crippen molar-refractivity contribution in [2.75, 3.05) is 13.1 Å². The zero-order valence-corrected chi connectivity index (χ0v) is 18.1. The van der Waals surface area contributed by atoms with Crippen molar-refractivity contribution >= 4 is 17.0 Å². The fourth-order valence-corrected chi connectivity index (χ4v) is 3.90. The number of nitrogens with one attached hydrogen (secondary N) is 2. The number of aliphatic hydroxyl groups excluding tert-OH is 1. The minimum Gasteiger partial charge on any atom is -0.373 e. The van der Waals surface area contributed by atoms with E-state index in [2.05, 4.69) is 81.6 Å². The van der Waals surface area contributed by atoms with Crippen molar-refractivity contribution < 1.29 is 10.3 Å². The third kappa shape index (κ3) is 5.96. The van der Waals surface area contributed by atoms with Crippen LogP contribution in [0.5, 0.6) is 0 Å². The highest BCUT2D eigenvalue weighted by molar-refractivity contribution is 5.83. The van der Waals surface area contributed by atoms with Crippen molar-refractivity contribution in [2.24, 2.45) is 0 Å². The van der Waals surface area contributed by atoms with Gasteiger partial charge >= 0.3 is 0 Å². The van der Waals surface area contributed by atoms with Crippen molar-refractivity contribution in [3.8, 4) is 0 Å². The molecule has 0 radical (unpaired) electrons. The summed E-state index contributed by atoms with van der Waals surface area (Å²) in [6, 6.07) is 20.9. The number of hydrogen-bond donors (Lipinski definition) is 4. The van der Waals surface area contributed by atoms with E-state index in [1.165, 1.54) is 28.1 Å². The second-order valence-corrected chi connectivity index (χ2v) is 7.98. The van der Waals surface area contributed by atoms with Gasteiger partial charge in [-0.2, -0.15) is 5.48 Å². The van der Waals surface area contributed by atoms with E-state index in [9.17, 15) is 5.11 Å². The Kier molecular flexibility index (Phi) is 7.53. The first-order chi connectivity index (χ1) is 15.7. The molecular weight excluding hydrogens is 400 g/mol. The van der Waals surface area contributed by atoms with Crippen LogP contribution in [0.3, 0.4) is 0 Å². The molecule has 0 saturated carbocycles. The quantitative estimate of drug-likeness (QED) is 0.214. The van der Waals surface area contributed by atoms with Gasteiger partial charge in [-0.15, -0.1) is 0 Å². The highest BCUT2D eigenvalue weighted by atomic mass is 16.5. The highest BCUT2D eigenvalue weighted by Gasteiger charge is 2.10. The predicted molar refractivity (Wildman–Crippen MR) is 128 cm³/mol. The molecule has 2 heterocycles. The van der Waals surface area contributed by atoms with Crippen molar-refractivity contribution in [2.45, 2.75) is 25.7 Å². The van der Waals surface area contributed by atoms with E-state index in [0.717, 1.165) is 38.2 Å². The third-order valence-corrected chi connectivity index (χ3v) is 5.70. The van der Waals surface area contributed by atoms with E-state index in [1.807, 2.05) is 12.1 Å². The molecule has 0 amide bonds. The van der Waals surface area contributed by atoms with Crippen LogP contribution in [0.1, 0.15) is 16.7 Å². The number of para-hydroxylation sites is 1. The van der Waals surface area contributed by atoms with Crippen LogP contribution in [0.2, 0.25) is 0 Å². The molecule has 0 spiro atoms. The molecule has 2 aromatic carbocycles. The number of rotatable bonds is 11. The summed E-state index contributed by atoms with van der Waals surface area (Å²) in [4.78, 5) is 5.87. The van der Waals surface area contributed by atoms with Crippen molar-refractivity contribution in [1.29, 1.82) is 0 Å². The Hall–Kier alpha value is -3.16. The predicted octanol–water partition coefficient (Wildman–Crippen LogP) is 4.02. The number of aromatic nitrogens is 2. The molecule has 6 heteroatoms. The molecule has 0 aliphatic rings. The lowest BCUT2D eigenvalue weighted by molar-refractivity contribution is 0.0323. The first-order valence-electron chi connectivity index (χ1n) is 10.9. The topological polar surface area (TPSA) is 76.4 Å². The molecule has 1 unspecified atom stereocenters. The normalized spacial score (nSPS) is 12.8. The fraction of sp³-hybridized carbons (Fsp3) is 0.231. The number of aromatic amines is 1. The summed E-state index contributed by atoms with van der Waals surface area (Å²) in [5.74, 6) is 0. The number of hydrogen-bond acceptors (Lipinski definition) is 4. The van der Waals surface area contributed by atoms with Crippen LogP contribution >= 0.6 is 0 Å². The van der Waals surface area contributed by atoms with E-state index < -0.39 is 6.23 Å². The molecule has 4 rings (SSSR count). The van der Waals surface area contributed by atoms with Gasteiger partial charge in [0.15, 0.2) is 0 Å². The average Bonchev–Trinajstić information content (AvgIpc) is 3.50. The number of aliphatic hydroxyl groups is 1. The number of fused-ring (bicyclic) bond motifs is 1. The number of benzene rings is 2. The number of hydroxylamine groups is 1. The minimum atomic E-state index is -1.07. The summed E-state index contributed by atoms with van der Waals surface area (Å²) in [6.07, 6.45) is 9.54. The summed E-state index contributed by atoms with van der Waals surface area (Å²) in [5.41, 5.74) is 6.55. The smallest absolute Gasteiger partial charge is 0.146 e. The summed E-state index contributed by atoms with van der Waals surface area (Å²) < 4.78 is 2.22. The molecule has 6 nitrogen and oxygen atoms in total. The molecular formula is C26H30N4O2. The van der Waals surface area contributed by atoms with Crippen LogP contribution in [0.15, 0.2) is 85.3 Å². The van der Waals surface area contributed by atoms with Crippen molar-refractivity contribution in [3.63, 3.8) is 0 Å². The SMILES string of the molecule is ONC(O)/C=C/c1ccc(CN(CCc2c[nH]c3ccccc23)CCn2cccc2)cc1. The van der Waals surface area contributed by atoms with Crippen LogP contribution in [0.4, 0.5) is 0 Å². The van der Waals surface area contributed by atoms with Gasteiger partial charge in [0.1, 0.15) is 6.23 Å². The van der Waals surface area contributed by atoms with Gasteiger partial charge in [-0.3, -0.25) is 4.90 Å². The van der Waals surface area contributed by atoms with E-state index in [0.29, 0.717) is 0 Å². The summed E-state index contributed by atoms with van der Waals surface area (Å²) in [5, 5.41) is 19.4. The molecule has 0 aliphatic carbocycles. The first-order valence-corrected chi connectivity index (χ1v) is 10.9. The average molecular weight is 431 g/mol. The Labute approximate surface area is 188 Å². The van der Waals surface area contributed by atoms with E-state index in [1.54, 1.807) is 11.6 Å². The molecule has 166 valence electrons.